The average molecular weight is 155 g/mol. The van der Waals surface area contributed by atoms with Gasteiger partial charge in [0, 0.05) is 17.5 Å². The van der Waals surface area contributed by atoms with Gasteiger partial charge in [0.25, 0.3) is 5.56 Å². The lowest BCUT2D eigenvalue weighted by molar-refractivity contribution is 1.17. The maximum absolute atomic E-state index is 10.9. The van der Waals surface area contributed by atoms with Crippen molar-refractivity contribution >= 4 is 11.8 Å². The van der Waals surface area contributed by atoms with Crippen LogP contribution in [0, 0.1) is 0 Å². The van der Waals surface area contributed by atoms with Gasteiger partial charge in [0.1, 0.15) is 0 Å². The zero-order chi connectivity index (χ0) is 7.40. The molecule has 1 N–H and O–H groups in total. The second-order valence-corrected chi connectivity index (χ2v) is 2.82. The van der Waals surface area contributed by atoms with Gasteiger partial charge in [-0.25, -0.2) is 0 Å². The van der Waals surface area contributed by atoms with E-state index in [1.807, 2.05) is 18.4 Å². The van der Waals surface area contributed by atoms with Crippen LogP contribution in [-0.4, -0.2) is 11.2 Å². The standard InChI is InChI=1S/C7H9NOS/c1-10-5-6-3-2-4-8-7(6)9/h2-4H,5H2,1H3,(H,8,9). The maximum atomic E-state index is 10.9. The minimum Gasteiger partial charge on any atom is -0.329 e. The van der Waals surface area contributed by atoms with E-state index < -0.39 is 0 Å². The van der Waals surface area contributed by atoms with Crippen LogP contribution in [0.2, 0.25) is 0 Å². The number of aromatic nitrogens is 1. The molecule has 1 aromatic rings. The van der Waals surface area contributed by atoms with Gasteiger partial charge in [-0.2, -0.15) is 11.8 Å². The molecule has 0 aliphatic heterocycles. The molecule has 0 aliphatic rings. The van der Waals surface area contributed by atoms with Crippen LogP contribution in [0.3, 0.4) is 0 Å². The summed E-state index contributed by atoms with van der Waals surface area (Å²) in [6.45, 7) is 0. The van der Waals surface area contributed by atoms with E-state index >= 15 is 0 Å². The summed E-state index contributed by atoms with van der Waals surface area (Å²) in [7, 11) is 0. The number of hydrogen-bond donors (Lipinski definition) is 1. The Bertz CT molecular complexity index is 256. The van der Waals surface area contributed by atoms with E-state index in [1.165, 1.54) is 0 Å². The van der Waals surface area contributed by atoms with Crippen molar-refractivity contribution in [3.63, 3.8) is 0 Å². The Labute approximate surface area is 63.7 Å². The van der Waals surface area contributed by atoms with Crippen LogP contribution in [-0.2, 0) is 5.75 Å². The van der Waals surface area contributed by atoms with Crippen LogP contribution in [0.1, 0.15) is 5.56 Å². The van der Waals surface area contributed by atoms with Crippen molar-refractivity contribution in [2.24, 2.45) is 0 Å². The third-order valence-corrected chi connectivity index (χ3v) is 1.80. The van der Waals surface area contributed by atoms with Gasteiger partial charge in [-0.3, -0.25) is 4.79 Å². The van der Waals surface area contributed by atoms with Crippen LogP contribution in [0.25, 0.3) is 0 Å². The molecule has 54 valence electrons. The van der Waals surface area contributed by atoms with Crippen molar-refractivity contribution in [3.8, 4) is 0 Å². The number of H-pyrrole nitrogens is 1. The van der Waals surface area contributed by atoms with Gasteiger partial charge in [0.2, 0.25) is 0 Å². The molecule has 0 atom stereocenters. The van der Waals surface area contributed by atoms with Crippen molar-refractivity contribution in [2.75, 3.05) is 6.26 Å². The molecule has 0 fully saturated rings. The van der Waals surface area contributed by atoms with Crippen LogP contribution >= 0.6 is 11.8 Å². The number of hydrogen-bond acceptors (Lipinski definition) is 2. The van der Waals surface area contributed by atoms with Crippen molar-refractivity contribution in [2.45, 2.75) is 5.75 Å². The Morgan fingerprint density at radius 3 is 3.10 bits per heavy atom. The van der Waals surface area contributed by atoms with Crippen molar-refractivity contribution in [1.29, 1.82) is 0 Å². The predicted molar refractivity (Wildman–Crippen MR) is 44.3 cm³/mol. The molecule has 0 bridgehead atoms. The summed E-state index contributed by atoms with van der Waals surface area (Å²) < 4.78 is 0. The Hall–Kier alpha value is -0.700. The highest BCUT2D eigenvalue weighted by Gasteiger charge is 1.93. The molecule has 1 rings (SSSR count). The summed E-state index contributed by atoms with van der Waals surface area (Å²) in [6.07, 6.45) is 3.62. The molecule has 1 heterocycles. The minimum absolute atomic E-state index is 0.0249. The fraction of sp³-hybridized carbons (Fsp3) is 0.286. The van der Waals surface area contributed by atoms with Gasteiger partial charge < -0.3 is 4.98 Å². The third-order valence-electron chi connectivity index (χ3n) is 1.20. The van der Waals surface area contributed by atoms with Crippen LogP contribution in [0.15, 0.2) is 23.1 Å². The number of rotatable bonds is 2. The lowest BCUT2D eigenvalue weighted by Crippen LogP contribution is -2.09. The number of pyridine rings is 1. The van der Waals surface area contributed by atoms with E-state index in [-0.39, 0.29) is 5.56 Å². The van der Waals surface area contributed by atoms with Gasteiger partial charge in [-0.05, 0) is 12.3 Å². The monoisotopic (exact) mass is 155 g/mol. The second kappa shape index (κ2) is 3.46. The first-order valence-electron chi connectivity index (χ1n) is 3.00. The van der Waals surface area contributed by atoms with Gasteiger partial charge in [-0.15, -0.1) is 0 Å². The highest BCUT2D eigenvalue weighted by atomic mass is 32.2. The zero-order valence-electron chi connectivity index (χ0n) is 5.76. The van der Waals surface area contributed by atoms with E-state index in [0.717, 1.165) is 11.3 Å². The highest BCUT2D eigenvalue weighted by molar-refractivity contribution is 7.97. The van der Waals surface area contributed by atoms with Gasteiger partial charge in [0.15, 0.2) is 0 Å². The molecule has 0 amide bonds. The molecule has 0 spiro atoms. The molecule has 1 aromatic heterocycles. The summed E-state index contributed by atoms with van der Waals surface area (Å²) in [5, 5.41) is 0. The quantitative estimate of drug-likeness (QED) is 0.697. The molecule has 0 aromatic carbocycles. The number of aromatic amines is 1. The largest absolute Gasteiger partial charge is 0.329 e. The Kier molecular flexibility index (Phi) is 2.57. The summed E-state index contributed by atoms with van der Waals surface area (Å²) in [5.74, 6) is 0.788. The van der Waals surface area contributed by atoms with Gasteiger partial charge >= 0.3 is 0 Å². The molecule has 0 aliphatic carbocycles. The fourth-order valence-electron chi connectivity index (χ4n) is 0.726. The summed E-state index contributed by atoms with van der Waals surface area (Å²) in [5.41, 5.74) is 0.867. The minimum atomic E-state index is 0.0249. The van der Waals surface area contributed by atoms with Crippen LogP contribution in [0.5, 0.6) is 0 Å². The first-order valence-corrected chi connectivity index (χ1v) is 4.39. The smallest absolute Gasteiger partial charge is 0.251 e. The number of thioether (sulfide) groups is 1. The van der Waals surface area contributed by atoms with Gasteiger partial charge in [0.05, 0.1) is 0 Å². The number of nitrogens with one attached hydrogen (secondary N) is 1. The van der Waals surface area contributed by atoms with E-state index in [9.17, 15) is 4.79 Å². The van der Waals surface area contributed by atoms with Crippen LogP contribution in [0.4, 0.5) is 0 Å². The summed E-state index contributed by atoms with van der Waals surface area (Å²) in [6, 6.07) is 3.68. The Morgan fingerprint density at radius 2 is 2.50 bits per heavy atom. The molecule has 0 saturated carbocycles. The predicted octanol–water partition coefficient (Wildman–Crippen LogP) is 1.24. The summed E-state index contributed by atoms with van der Waals surface area (Å²) in [4.78, 5) is 13.6. The lowest BCUT2D eigenvalue weighted by Gasteiger charge is -1.93. The van der Waals surface area contributed by atoms with Crippen molar-refractivity contribution in [1.82, 2.24) is 4.98 Å². The molecule has 0 unspecified atom stereocenters. The van der Waals surface area contributed by atoms with E-state index in [4.69, 9.17) is 0 Å². The maximum Gasteiger partial charge on any atom is 0.251 e. The Morgan fingerprint density at radius 1 is 1.70 bits per heavy atom. The van der Waals surface area contributed by atoms with Gasteiger partial charge in [-0.1, -0.05) is 6.07 Å². The molecule has 2 nitrogen and oxygen atoms in total. The SMILES string of the molecule is CSCc1ccc[nH]c1=O. The molecule has 3 heteroatoms. The molecular formula is C7H9NOS. The van der Waals surface area contributed by atoms with Crippen molar-refractivity contribution < 1.29 is 0 Å². The second-order valence-electron chi connectivity index (χ2n) is 1.96. The molecule has 0 radical (unpaired) electrons. The van der Waals surface area contributed by atoms with Crippen LogP contribution < -0.4 is 5.56 Å². The third kappa shape index (κ3) is 1.64. The van der Waals surface area contributed by atoms with Crippen molar-refractivity contribution in [3.05, 3.63) is 34.2 Å². The molecule has 0 saturated heterocycles. The topological polar surface area (TPSA) is 32.9 Å². The average Bonchev–Trinajstić information content (AvgIpc) is 1.94. The first kappa shape index (κ1) is 7.41. The molecule has 10 heavy (non-hydrogen) atoms. The molecular weight excluding hydrogens is 146 g/mol. The Balaban J connectivity index is 2.92. The first-order chi connectivity index (χ1) is 4.84. The normalized spacial score (nSPS) is 9.70. The fourth-order valence-corrected chi connectivity index (χ4v) is 1.26. The summed E-state index contributed by atoms with van der Waals surface area (Å²) >= 11 is 1.65. The van der Waals surface area contributed by atoms with E-state index in [1.54, 1.807) is 18.0 Å². The lowest BCUT2D eigenvalue weighted by atomic mass is 10.3. The zero-order valence-corrected chi connectivity index (χ0v) is 6.57. The van der Waals surface area contributed by atoms with E-state index in [2.05, 4.69) is 4.98 Å². The highest BCUT2D eigenvalue weighted by Crippen LogP contribution is 2.01. The van der Waals surface area contributed by atoms with E-state index in [0.29, 0.717) is 0 Å².